The Hall–Kier alpha value is -1.81. The number of rotatable bonds is 5. The van der Waals surface area contributed by atoms with Crippen LogP contribution in [0.15, 0.2) is 35.9 Å². The normalized spacial score (nSPS) is 10.5. The Morgan fingerprint density at radius 2 is 2.24 bits per heavy atom. The van der Waals surface area contributed by atoms with Gasteiger partial charge < -0.3 is 9.84 Å². The molecule has 0 unspecified atom stereocenters. The Kier molecular flexibility index (Phi) is 4.72. The molecule has 0 radical (unpaired) electrons. The molecule has 0 spiro atoms. The zero-order chi connectivity index (χ0) is 12.8. The lowest BCUT2D eigenvalue weighted by Crippen LogP contribution is -1.97. The van der Waals surface area contributed by atoms with E-state index in [0.29, 0.717) is 5.56 Å². The summed E-state index contributed by atoms with van der Waals surface area (Å²) >= 11 is 5.51. The predicted octanol–water partition coefficient (Wildman–Crippen LogP) is 3.05. The van der Waals surface area contributed by atoms with Gasteiger partial charge in [0.25, 0.3) is 0 Å². The minimum atomic E-state index is -1.11. The number of benzene rings is 1. The molecule has 17 heavy (non-hydrogen) atoms. The van der Waals surface area contributed by atoms with Crippen molar-refractivity contribution in [3.05, 3.63) is 47.3 Å². The highest BCUT2D eigenvalue weighted by Gasteiger charge is 2.01. The molecule has 5 heteroatoms. The van der Waals surface area contributed by atoms with Crippen LogP contribution >= 0.6 is 11.6 Å². The van der Waals surface area contributed by atoms with Gasteiger partial charge in [-0.3, -0.25) is 0 Å². The van der Waals surface area contributed by atoms with Crippen LogP contribution in [-0.4, -0.2) is 17.7 Å². The van der Waals surface area contributed by atoms with Crippen molar-refractivity contribution in [3.8, 4) is 5.75 Å². The third kappa shape index (κ3) is 5.17. The van der Waals surface area contributed by atoms with Gasteiger partial charge in [-0.1, -0.05) is 18.2 Å². The largest absolute Gasteiger partial charge is 0.488 e. The monoisotopic (exact) mass is 256 g/mol. The summed E-state index contributed by atoms with van der Waals surface area (Å²) in [5.74, 6) is -1.37. The molecule has 1 aromatic rings. The van der Waals surface area contributed by atoms with E-state index in [2.05, 4.69) is 6.58 Å². The van der Waals surface area contributed by atoms with Crippen LogP contribution < -0.4 is 4.74 Å². The molecule has 0 amide bonds. The van der Waals surface area contributed by atoms with Gasteiger partial charge in [0.05, 0.1) is 0 Å². The summed E-state index contributed by atoms with van der Waals surface area (Å²) in [5, 5.41) is 8.74. The Morgan fingerprint density at radius 1 is 1.53 bits per heavy atom. The first-order valence-corrected chi connectivity index (χ1v) is 5.03. The van der Waals surface area contributed by atoms with E-state index in [-0.39, 0.29) is 17.4 Å². The van der Waals surface area contributed by atoms with Crippen LogP contribution in [0.4, 0.5) is 4.39 Å². The minimum absolute atomic E-state index is 0.0626. The van der Waals surface area contributed by atoms with Crippen LogP contribution in [0.2, 0.25) is 0 Å². The van der Waals surface area contributed by atoms with Gasteiger partial charge in [0, 0.05) is 17.2 Å². The first-order valence-electron chi connectivity index (χ1n) is 4.65. The molecule has 0 atom stereocenters. The highest BCUT2D eigenvalue weighted by atomic mass is 35.5. The molecule has 0 fully saturated rings. The van der Waals surface area contributed by atoms with E-state index < -0.39 is 11.8 Å². The summed E-state index contributed by atoms with van der Waals surface area (Å²) in [7, 11) is 0. The van der Waals surface area contributed by atoms with E-state index in [0.717, 1.165) is 6.08 Å². The molecule has 0 saturated heterocycles. The number of carboxylic acid groups (broad SMARTS) is 1. The average molecular weight is 257 g/mol. The third-order valence-corrected chi connectivity index (χ3v) is 1.82. The van der Waals surface area contributed by atoms with Gasteiger partial charge in [-0.2, -0.15) is 0 Å². The lowest BCUT2D eigenvalue weighted by Gasteiger charge is -2.05. The van der Waals surface area contributed by atoms with Crippen molar-refractivity contribution < 1.29 is 19.0 Å². The predicted molar refractivity (Wildman–Crippen MR) is 63.6 cm³/mol. The molecule has 0 aliphatic heterocycles. The van der Waals surface area contributed by atoms with Crippen LogP contribution in [-0.2, 0) is 4.79 Å². The van der Waals surface area contributed by atoms with Gasteiger partial charge in [0.2, 0.25) is 0 Å². The Labute approximate surface area is 103 Å². The van der Waals surface area contributed by atoms with E-state index in [9.17, 15) is 9.18 Å². The van der Waals surface area contributed by atoms with Gasteiger partial charge in [0.1, 0.15) is 18.2 Å². The molecule has 0 aliphatic rings. The maximum Gasteiger partial charge on any atom is 0.328 e. The standard InChI is InChI=1S/C12H10ClFO3/c1-8(13)7-17-11-5-9(2-3-12(15)16)4-10(14)6-11/h2-6H,1,7H2,(H,15,16)/b3-2+. The zero-order valence-electron chi connectivity index (χ0n) is 8.82. The molecular formula is C12H10ClFO3. The minimum Gasteiger partial charge on any atom is -0.488 e. The van der Waals surface area contributed by atoms with E-state index in [1.165, 1.54) is 24.3 Å². The first kappa shape index (κ1) is 13.3. The lowest BCUT2D eigenvalue weighted by molar-refractivity contribution is -0.131. The SMILES string of the molecule is C=C(Cl)COc1cc(F)cc(/C=C/C(=O)O)c1. The van der Waals surface area contributed by atoms with Crippen molar-refractivity contribution in [2.45, 2.75) is 0 Å². The van der Waals surface area contributed by atoms with Crippen molar-refractivity contribution in [2.75, 3.05) is 6.61 Å². The van der Waals surface area contributed by atoms with Gasteiger partial charge in [-0.25, -0.2) is 9.18 Å². The number of hydrogen-bond donors (Lipinski definition) is 1. The molecule has 0 aliphatic carbocycles. The average Bonchev–Trinajstić information content (AvgIpc) is 2.23. The van der Waals surface area contributed by atoms with Gasteiger partial charge in [-0.15, -0.1) is 0 Å². The fraction of sp³-hybridized carbons (Fsp3) is 0.0833. The quantitative estimate of drug-likeness (QED) is 0.824. The maximum atomic E-state index is 13.2. The van der Waals surface area contributed by atoms with E-state index in [1.54, 1.807) is 0 Å². The lowest BCUT2D eigenvalue weighted by atomic mass is 10.2. The molecule has 1 N–H and O–H groups in total. The van der Waals surface area contributed by atoms with E-state index in [4.69, 9.17) is 21.4 Å². The number of carboxylic acids is 1. The highest BCUT2D eigenvalue weighted by Crippen LogP contribution is 2.18. The smallest absolute Gasteiger partial charge is 0.328 e. The van der Waals surface area contributed by atoms with Crippen LogP contribution in [0.3, 0.4) is 0 Å². The second-order valence-corrected chi connectivity index (χ2v) is 3.73. The van der Waals surface area contributed by atoms with Gasteiger partial charge in [-0.05, 0) is 23.8 Å². The van der Waals surface area contributed by atoms with Crippen molar-refractivity contribution in [2.24, 2.45) is 0 Å². The van der Waals surface area contributed by atoms with Crippen molar-refractivity contribution in [1.29, 1.82) is 0 Å². The van der Waals surface area contributed by atoms with Crippen LogP contribution in [0, 0.1) is 5.82 Å². The number of carbonyl (C=O) groups is 1. The Morgan fingerprint density at radius 3 is 2.82 bits per heavy atom. The summed E-state index contributed by atoms with van der Waals surface area (Å²) in [6.07, 6.45) is 2.19. The van der Waals surface area contributed by atoms with Crippen molar-refractivity contribution in [3.63, 3.8) is 0 Å². The maximum absolute atomic E-state index is 13.2. The van der Waals surface area contributed by atoms with Crippen molar-refractivity contribution >= 4 is 23.6 Å². The van der Waals surface area contributed by atoms with E-state index in [1.807, 2.05) is 0 Å². The molecule has 0 heterocycles. The van der Waals surface area contributed by atoms with E-state index >= 15 is 0 Å². The second kappa shape index (κ2) is 6.06. The van der Waals surface area contributed by atoms with Gasteiger partial charge in [0.15, 0.2) is 0 Å². The zero-order valence-corrected chi connectivity index (χ0v) is 9.58. The number of halogens is 2. The third-order valence-electron chi connectivity index (χ3n) is 1.71. The molecule has 1 rings (SSSR count). The summed E-state index contributed by atoms with van der Waals surface area (Å²) < 4.78 is 18.3. The fourth-order valence-corrected chi connectivity index (χ4v) is 1.15. The molecule has 0 aromatic heterocycles. The van der Waals surface area contributed by atoms with Crippen LogP contribution in [0.25, 0.3) is 6.08 Å². The topological polar surface area (TPSA) is 46.5 Å². The number of aliphatic carboxylic acids is 1. The fourth-order valence-electron chi connectivity index (χ4n) is 1.09. The molecule has 0 saturated carbocycles. The first-order chi connectivity index (χ1) is 7.97. The summed E-state index contributed by atoms with van der Waals surface area (Å²) in [4.78, 5) is 10.3. The molecular weight excluding hydrogens is 247 g/mol. The second-order valence-electron chi connectivity index (χ2n) is 3.20. The number of hydrogen-bond acceptors (Lipinski definition) is 2. The highest BCUT2D eigenvalue weighted by molar-refractivity contribution is 6.29. The molecule has 0 bridgehead atoms. The van der Waals surface area contributed by atoms with Crippen LogP contribution in [0.5, 0.6) is 5.75 Å². The van der Waals surface area contributed by atoms with Crippen molar-refractivity contribution in [1.82, 2.24) is 0 Å². The summed E-state index contributed by atoms with van der Waals surface area (Å²) in [6, 6.07) is 3.88. The Balaban J connectivity index is 2.86. The van der Waals surface area contributed by atoms with Gasteiger partial charge >= 0.3 is 5.97 Å². The molecule has 3 nitrogen and oxygen atoms in total. The summed E-state index contributed by atoms with van der Waals surface area (Å²) in [5.41, 5.74) is 0.391. The summed E-state index contributed by atoms with van der Waals surface area (Å²) in [6.45, 7) is 3.49. The molecule has 90 valence electrons. The number of ether oxygens (including phenoxy) is 1. The Bertz CT molecular complexity index is 469. The molecule has 1 aromatic carbocycles. The van der Waals surface area contributed by atoms with Crippen LogP contribution in [0.1, 0.15) is 5.56 Å².